The first-order valence-electron chi connectivity index (χ1n) is 8.80. The van der Waals surface area contributed by atoms with Crippen LogP contribution in [0.5, 0.6) is 0 Å². The van der Waals surface area contributed by atoms with Gasteiger partial charge in [-0.1, -0.05) is 0 Å². The number of rotatable bonds is 16. The maximum Gasteiger partial charge on any atom is 0.326 e. The van der Waals surface area contributed by atoms with Gasteiger partial charge in [-0.3, -0.25) is 9.59 Å². The van der Waals surface area contributed by atoms with Crippen molar-refractivity contribution < 1.29 is 33.8 Å². The summed E-state index contributed by atoms with van der Waals surface area (Å²) in [5.41, 5.74) is 0. The Labute approximate surface area is 153 Å². The Morgan fingerprint density at radius 2 is 1.62 bits per heavy atom. The van der Waals surface area contributed by atoms with E-state index in [0.29, 0.717) is 39.4 Å². The minimum atomic E-state index is -1.20. The van der Waals surface area contributed by atoms with Crippen molar-refractivity contribution in [1.29, 1.82) is 0 Å². The summed E-state index contributed by atoms with van der Waals surface area (Å²) < 4.78 is 10.4. The number of aliphatic carboxylic acids is 1. The largest absolute Gasteiger partial charge is 0.480 e. The van der Waals surface area contributed by atoms with Gasteiger partial charge >= 0.3 is 5.97 Å². The number of carbonyl (C=O) groups excluding carboxylic acids is 3. The minimum absolute atomic E-state index is 0.0317. The summed E-state index contributed by atoms with van der Waals surface area (Å²) in [6.07, 6.45) is 0.614. The van der Waals surface area contributed by atoms with E-state index in [1.54, 1.807) is 0 Å². The molecule has 1 atom stereocenters. The number of carboxylic acid groups (broad SMARTS) is 1. The van der Waals surface area contributed by atoms with Crippen LogP contribution in [0.1, 0.15) is 46.0 Å². The Bertz CT molecular complexity index is 454. The summed E-state index contributed by atoms with van der Waals surface area (Å²) in [5, 5.41) is 14.0. The molecule has 0 rings (SSSR count). The third kappa shape index (κ3) is 14.4. The van der Waals surface area contributed by atoms with E-state index in [1.165, 1.54) is 6.92 Å². The van der Waals surface area contributed by atoms with E-state index < -0.39 is 17.9 Å². The highest BCUT2D eigenvalue weighted by Gasteiger charge is 2.20. The topological polar surface area (TPSA) is 131 Å². The Hall–Kier alpha value is -2.00. The number of carboxylic acids is 1. The molecular weight excluding hydrogens is 344 g/mol. The van der Waals surface area contributed by atoms with E-state index in [0.717, 1.165) is 0 Å². The van der Waals surface area contributed by atoms with Gasteiger partial charge in [0, 0.05) is 39.0 Å². The van der Waals surface area contributed by atoms with Crippen molar-refractivity contribution in [3.05, 3.63) is 0 Å². The SMILES string of the molecule is CCOCCOCCCNC(=O)CCC(=O)N[C@@H](CCC(C)=O)C(=O)O. The van der Waals surface area contributed by atoms with Crippen LogP contribution >= 0.6 is 0 Å². The summed E-state index contributed by atoms with van der Waals surface area (Å²) in [6.45, 7) is 5.91. The summed E-state index contributed by atoms with van der Waals surface area (Å²) >= 11 is 0. The fraction of sp³-hybridized carbons (Fsp3) is 0.765. The predicted octanol–water partition coefficient (Wildman–Crippen LogP) is 0.265. The molecule has 0 spiro atoms. The molecule has 2 amide bonds. The van der Waals surface area contributed by atoms with Crippen LogP contribution in [0.4, 0.5) is 0 Å². The molecule has 9 heteroatoms. The second kappa shape index (κ2) is 15.3. The molecular formula is C17H30N2O7. The van der Waals surface area contributed by atoms with Gasteiger partial charge in [-0.2, -0.15) is 0 Å². The molecule has 0 aliphatic heterocycles. The van der Waals surface area contributed by atoms with Crippen molar-refractivity contribution in [1.82, 2.24) is 10.6 Å². The van der Waals surface area contributed by atoms with Crippen LogP contribution < -0.4 is 10.6 Å². The van der Waals surface area contributed by atoms with E-state index >= 15 is 0 Å². The molecule has 0 aromatic rings. The molecule has 0 saturated heterocycles. The first-order chi connectivity index (χ1) is 12.4. The average molecular weight is 374 g/mol. The van der Waals surface area contributed by atoms with E-state index in [-0.39, 0.29) is 37.4 Å². The lowest BCUT2D eigenvalue weighted by atomic mass is 10.1. The number of nitrogens with one attached hydrogen (secondary N) is 2. The van der Waals surface area contributed by atoms with Crippen molar-refractivity contribution in [2.45, 2.75) is 52.0 Å². The van der Waals surface area contributed by atoms with Gasteiger partial charge in [-0.05, 0) is 26.7 Å². The molecule has 0 aliphatic carbocycles. The molecule has 150 valence electrons. The zero-order valence-electron chi connectivity index (χ0n) is 15.5. The number of amides is 2. The summed E-state index contributed by atoms with van der Waals surface area (Å²) in [5.74, 6) is -2.17. The predicted molar refractivity (Wildman–Crippen MR) is 93.7 cm³/mol. The maximum atomic E-state index is 11.7. The Kier molecular flexibility index (Phi) is 14.1. The van der Waals surface area contributed by atoms with Gasteiger partial charge < -0.3 is 30.0 Å². The smallest absolute Gasteiger partial charge is 0.326 e. The third-order valence-electron chi connectivity index (χ3n) is 3.36. The van der Waals surface area contributed by atoms with E-state index in [2.05, 4.69) is 10.6 Å². The highest BCUT2D eigenvalue weighted by molar-refractivity contribution is 5.87. The Balaban J connectivity index is 3.81. The molecule has 0 unspecified atom stereocenters. The van der Waals surface area contributed by atoms with Gasteiger partial charge in [0.25, 0.3) is 0 Å². The van der Waals surface area contributed by atoms with Crippen molar-refractivity contribution in [3.8, 4) is 0 Å². The van der Waals surface area contributed by atoms with Gasteiger partial charge in [0.05, 0.1) is 13.2 Å². The van der Waals surface area contributed by atoms with Crippen LogP contribution in [0.15, 0.2) is 0 Å². The Morgan fingerprint density at radius 1 is 0.962 bits per heavy atom. The second-order valence-electron chi connectivity index (χ2n) is 5.71. The van der Waals surface area contributed by atoms with E-state index in [4.69, 9.17) is 14.6 Å². The molecule has 9 nitrogen and oxygen atoms in total. The molecule has 0 heterocycles. The van der Waals surface area contributed by atoms with Crippen LogP contribution in [0, 0.1) is 0 Å². The minimum Gasteiger partial charge on any atom is -0.480 e. The van der Waals surface area contributed by atoms with Crippen LogP contribution in [0.25, 0.3) is 0 Å². The molecule has 0 bridgehead atoms. The lowest BCUT2D eigenvalue weighted by molar-refractivity contribution is -0.142. The molecule has 0 aliphatic rings. The van der Waals surface area contributed by atoms with Crippen LogP contribution in [-0.4, -0.2) is 67.7 Å². The van der Waals surface area contributed by atoms with Crippen LogP contribution in [0.3, 0.4) is 0 Å². The lowest BCUT2D eigenvalue weighted by Crippen LogP contribution is -2.41. The second-order valence-corrected chi connectivity index (χ2v) is 5.71. The summed E-state index contributed by atoms with van der Waals surface area (Å²) in [7, 11) is 0. The quantitative estimate of drug-likeness (QED) is 0.330. The highest BCUT2D eigenvalue weighted by atomic mass is 16.5. The number of hydrogen-bond donors (Lipinski definition) is 3. The fourth-order valence-electron chi connectivity index (χ4n) is 1.95. The summed E-state index contributed by atoms with van der Waals surface area (Å²) in [4.78, 5) is 45.3. The molecule has 0 fully saturated rings. The van der Waals surface area contributed by atoms with Crippen LogP contribution in [-0.2, 0) is 28.7 Å². The van der Waals surface area contributed by atoms with Gasteiger partial charge in [0.1, 0.15) is 11.8 Å². The zero-order chi connectivity index (χ0) is 19.8. The monoisotopic (exact) mass is 374 g/mol. The number of ketones is 1. The average Bonchev–Trinajstić information content (AvgIpc) is 2.58. The van der Waals surface area contributed by atoms with Crippen LogP contribution in [0.2, 0.25) is 0 Å². The molecule has 0 aromatic heterocycles. The van der Waals surface area contributed by atoms with Gasteiger partial charge in [0.15, 0.2) is 0 Å². The zero-order valence-corrected chi connectivity index (χ0v) is 15.5. The molecule has 0 radical (unpaired) electrons. The third-order valence-corrected chi connectivity index (χ3v) is 3.36. The van der Waals surface area contributed by atoms with Gasteiger partial charge in [0.2, 0.25) is 11.8 Å². The standard InChI is InChI=1S/C17H30N2O7/c1-3-25-11-12-26-10-4-9-18-15(21)7-8-16(22)19-14(17(23)24)6-5-13(2)20/h14H,3-12H2,1-2H3,(H,18,21)(H,19,22)(H,23,24)/t14-/m0/s1. The molecule has 0 aromatic carbocycles. The first kappa shape index (κ1) is 24.0. The van der Waals surface area contributed by atoms with E-state index in [9.17, 15) is 19.2 Å². The Morgan fingerprint density at radius 3 is 2.23 bits per heavy atom. The molecule has 26 heavy (non-hydrogen) atoms. The number of ether oxygens (including phenoxy) is 2. The normalized spacial score (nSPS) is 11.6. The number of Topliss-reactive ketones (excluding diaryl/α,β-unsaturated/α-hetero) is 1. The van der Waals surface area contributed by atoms with Gasteiger partial charge in [-0.25, -0.2) is 4.79 Å². The van der Waals surface area contributed by atoms with Crippen molar-refractivity contribution in [2.75, 3.05) is 33.0 Å². The van der Waals surface area contributed by atoms with Crippen molar-refractivity contribution >= 4 is 23.6 Å². The number of carbonyl (C=O) groups is 4. The lowest BCUT2D eigenvalue weighted by Gasteiger charge is -2.13. The number of hydrogen-bond acceptors (Lipinski definition) is 6. The molecule has 3 N–H and O–H groups in total. The maximum absolute atomic E-state index is 11.7. The van der Waals surface area contributed by atoms with Crippen molar-refractivity contribution in [2.24, 2.45) is 0 Å². The fourth-order valence-corrected chi connectivity index (χ4v) is 1.95. The molecule has 0 saturated carbocycles. The van der Waals surface area contributed by atoms with Crippen molar-refractivity contribution in [3.63, 3.8) is 0 Å². The van der Waals surface area contributed by atoms with E-state index in [1.807, 2.05) is 6.92 Å². The highest BCUT2D eigenvalue weighted by Crippen LogP contribution is 2.00. The van der Waals surface area contributed by atoms with Gasteiger partial charge in [-0.15, -0.1) is 0 Å². The first-order valence-corrected chi connectivity index (χ1v) is 8.80. The summed E-state index contributed by atoms with van der Waals surface area (Å²) in [6, 6.07) is -1.12.